The summed E-state index contributed by atoms with van der Waals surface area (Å²) in [6.07, 6.45) is 4.39. The largest absolute Gasteiger partial charge is 0.490 e. The molecular formula is C16H18N4O2. The molecule has 0 bridgehead atoms. The van der Waals surface area contributed by atoms with Crippen molar-refractivity contribution >= 4 is 11.7 Å². The SMILES string of the molecule is Cc1cnc(CNC(=O)Nc2ccc3c(c2)C[C@H](C)O3)cn1. The van der Waals surface area contributed by atoms with E-state index >= 15 is 0 Å². The summed E-state index contributed by atoms with van der Waals surface area (Å²) in [7, 11) is 0. The molecule has 2 aromatic rings. The molecule has 1 aliphatic rings. The molecule has 2 amide bonds. The summed E-state index contributed by atoms with van der Waals surface area (Å²) in [6, 6.07) is 5.40. The van der Waals surface area contributed by atoms with Crippen LogP contribution in [-0.4, -0.2) is 22.1 Å². The Morgan fingerprint density at radius 3 is 3.00 bits per heavy atom. The summed E-state index contributed by atoms with van der Waals surface area (Å²) in [5.41, 5.74) is 3.44. The van der Waals surface area contributed by atoms with Crippen LogP contribution in [0.25, 0.3) is 0 Å². The summed E-state index contributed by atoms with van der Waals surface area (Å²) in [6.45, 7) is 4.24. The second-order valence-electron chi connectivity index (χ2n) is 5.41. The van der Waals surface area contributed by atoms with E-state index in [2.05, 4.69) is 20.6 Å². The van der Waals surface area contributed by atoms with E-state index in [0.717, 1.165) is 34.8 Å². The van der Waals surface area contributed by atoms with E-state index in [1.807, 2.05) is 32.0 Å². The predicted molar refractivity (Wildman–Crippen MR) is 82.9 cm³/mol. The van der Waals surface area contributed by atoms with Crippen molar-refractivity contribution in [3.8, 4) is 5.75 Å². The number of fused-ring (bicyclic) bond motifs is 1. The van der Waals surface area contributed by atoms with Crippen LogP contribution in [-0.2, 0) is 13.0 Å². The number of hydrogen-bond donors (Lipinski definition) is 2. The molecule has 22 heavy (non-hydrogen) atoms. The maximum atomic E-state index is 11.9. The number of carbonyl (C=O) groups excluding carboxylic acids is 1. The van der Waals surface area contributed by atoms with Crippen molar-refractivity contribution in [2.24, 2.45) is 0 Å². The minimum absolute atomic E-state index is 0.194. The van der Waals surface area contributed by atoms with Gasteiger partial charge >= 0.3 is 6.03 Å². The summed E-state index contributed by atoms with van der Waals surface area (Å²) >= 11 is 0. The Hall–Kier alpha value is -2.63. The van der Waals surface area contributed by atoms with Crippen molar-refractivity contribution in [1.82, 2.24) is 15.3 Å². The fourth-order valence-electron chi connectivity index (χ4n) is 2.36. The molecule has 1 aromatic carbocycles. The van der Waals surface area contributed by atoms with E-state index in [0.29, 0.717) is 6.54 Å². The van der Waals surface area contributed by atoms with Gasteiger partial charge in [-0.3, -0.25) is 9.97 Å². The van der Waals surface area contributed by atoms with Crippen LogP contribution in [0.5, 0.6) is 5.75 Å². The fourth-order valence-corrected chi connectivity index (χ4v) is 2.36. The van der Waals surface area contributed by atoms with Gasteiger partial charge in [0.2, 0.25) is 0 Å². The van der Waals surface area contributed by atoms with Gasteiger partial charge in [-0.1, -0.05) is 0 Å². The molecule has 1 atom stereocenters. The van der Waals surface area contributed by atoms with Crippen LogP contribution in [0.3, 0.4) is 0 Å². The van der Waals surface area contributed by atoms with Crippen molar-refractivity contribution in [1.29, 1.82) is 0 Å². The Labute approximate surface area is 128 Å². The van der Waals surface area contributed by atoms with E-state index in [1.165, 1.54) is 0 Å². The molecule has 0 spiro atoms. The van der Waals surface area contributed by atoms with Gasteiger partial charge in [-0.15, -0.1) is 0 Å². The average Bonchev–Trinajstić information content (AvgIpc) is 2.86. The van der Waals surface area contributed by atoms with Gasteiger partial charge in [0.15, 0.2) is 0 Å². The lowest BCUT2D eigenvalue weighted by Gasteiger charge is -2.08. The van der Waals surface area contributed by atoms with Crippen LogP contribution in [0.2, 0.25) is 0 Å². The third-order valence-corrected chi connectivity index (χ3v) is 3.42. The van der Waals surface area contributed by atoms with Crippen molar-refractivity contribution in [3.63, 3.8) is 0 Å². The number of rotatable bonds is 3. The first kappa shape index (κ1) is 14.3. The van der Waals surface area contributed by atoms with Crippen molar-refractivity contribution < 1.29 is 9.53 Å². The number of benzene rings is 1. The second-order valence-corrected chi connectivity index (χ2v) is 5.41. The van der Waals surface area contributed by atoms with Gasteiger partial charge < -0.3 is 15.4 Å². The molecule has 0 saturated heterocycles. The first-order valence-corrected chi connectivity index (χ1v) is 7.22. The van der Waals surface area contributed by atoms with Crippen molar-refractivity contribution in [3.05, 3.63) is 47.5 Å². The van der Waals surface area contributed by atoms with Crippen LogP contribution in [0.15, 0.2) is 30.6 Å². The van der Waals surface area contributed by atoms with Crippen LogP contribution in [0.4, 0.5) is 10.5 Å². The van der Waals surface area contributed by atoms with E-state index in [9.17, 15) is 4.79 Å². The van der Waals surface area contributed by atoms with Gasteiger partial charge in [0.1, 0.15) is 11.9 Å². The predicted octanol–water partition coefficient (Wildman–Crippen LogP) is 2.43. The monoisotopic (exact) mass is 298 g/mol. The topological polar surface area (TPSA) is 76.1 Å². The lowest BCUT2D eigenvalue weighted by molar-refractivity contribution is 0.251. The molecule has 2 heterocycles. The molecule has 2 N–H and O–H groups in total. The van der Waals surface area contributed by atoms with Crippen molar-refractivity contribution in [2.75, 3.05) is 5.32 Å². The quantitative estimate of drug-likeness (QED) is 0.912. The summed E-state index contributed by atoms with van der Waals surface area (Å²) in [5.74, 6) is 0.897. The van der Waals surface area contributed by atoms with Gasteiger partial charge in [0, 0.05) is 18.3 Å². The third kappa shape index (κ3) is 3.33. The van der Waals surface area contributed by atoms with Crippen LogP contribution >= 0.6 is 0 Å². The first-order chi connectivity index (χ1) is 10.6. The van der Waals surface area contributed by atoms with Crippen molar-refractivity contribution in [2.45, 2.75) is 32.9 Å². The van der Waals surface area contributed by atoms with Crippen LogP contribution in [0.1, 0.15) is 23.9 Å². The molecule has 0 saturated carbocycles. The zero-order valence-corrected chi connectivity index (χ0v) is 12.6. The fraction of sp³-hybridized carbons (Fsp3) is 0.312. The number of urea groups is 1. The Morgan fingerprint density at radius 1 is 1.36 bits per heavy atom. The highest BCUT2D eigenvalue weighted by Crippen LogP contribution is 2.30. The molecule has 0 aliphatic carbocycles. The Kier molecular flexibility index (Phi) is 3.91. The molecule has 1 aliphatic heterocycles. The maximum absolute atomic E-state index is 11.9. The van der Waals surface area contributed by atoms with E-state index in [4.69, 9.17) is 4.74 Å². The highest BCUT2D eigenvalue weighted by molar-refractivity contribution is 5.89. The number of amides is 2. The zero-order chi connectivity index (χ0) is 15.5. The number of aromatic nitrogens is 2. The molecular weight excluding hydrogens is 280 g/mol. The third-order valence-electron chi connectivity index (χ3n) is 3.42. The van der Waals surface area contributed by atoms with E-state index in [1.54, 1.807) is 12.4 Å². The lowest BCUT2D eigenvalue weighted by Crippen LogP contribution is -2.28. The Bertz CT molecular complexity index is 685. The molecule has 0 radical (unpaired) electrons. The molecule has 114 valence electrons. The Morgan fingerprint density at radius 2 is 2.23 bits per heavy atom. The normalized spacial score (nSPS) is 15.8. The molecule has 6 heteroatoms. The number of ether oxygens (including phenoxy) is 1. The molecule has 0 fully saturated rings. The standard InChI is InChI=1S/C16H18N4O2/c1-10-7-18-14(8-17-10)9-19-16(21)20-13-3-4-15-12(6-13)5-11(2)22-15/h3-4,6-8,11H,5,9H2,1-2H3,(H2,19,20,21)/t11-/m0/s1. The average molecular weight is 298 g/mol. The van der Waals surface area contributed by atoms with Gasteiger partial charge in [-0.25, -0.2) is 4.79 Å². The van der Waals surface area contributed by atoms with Crippen LogP contribution in [0, 0.1) is 6.92 Å². The number of nitrogens with zero attached hydrogens (tertiary/aromatic N) is 2. The summed E-state index contributed by atoms with van der Waals surface area (Å²) < 4.78 is 5.64. The number of aryl methyl sites for hydroxylation is 1. The number of hydrogen-bond acceptors (Lipinski definition) is 4. The van der Waals surface area contributed by atoms with E-state index in [-0.39, 0.29) is 12.1 Å². The molecule has 1 aromatic heterocycles. The van der Waals surface area contributed by atoms with E-state index < -0.39 is 0 Å². The minimum Gasteiger partial charge on any atom is -0.490 e. The summed E-state index contributed by atoms with van der Waals surface area (Å²) in [4.78, 5) is 20.2. The zero-order valence-electron chi connectivity index (χ0n) is 12.6. The second kappa shape index (κ2) is 6.01. The lowest BCUT2D eigenvalue weighted by atomic mass is 10.1. The number of anilines is 1. The summed E-state index contributed by atoms with van der Waals surface area (Å²) in [5, 5.41) is 5.57. The first-order valence-electron chi connectivity index (χ1n) is 7.22. The van der Waals surface area contributed by atoms with Gasteiger partial charge in [0.25, 0.3) is 0 Å². The van der Waals surface area contributed by atoms with Gasteiger partial charge in [0.05, 0.1) is 24.1 Å². The van der Waals surface area contributed by atoms with Gasteiger partial charge in [-0.05, 0) is 37.6 Å². The number of carbonyl (C=O) groups is 1. The molecule has 3 rings (SSSR count). The Balaban J connectivity index is 1.56. The molecule has 6 nitrogen and oxygen atoms in total. The number of nitrogens with one attached hydrogen (secondary N) is 2. The van der Waals surface area contributed by atoms with Gasteiger partial charge in [-0.2, -0.15) is 0 Å². The highest BCUT2D eigenvalue weighted by Gasteiger charge is 2.19. The minimum atomic E-state index is -0.269. The smallest absolute Gasteiger partial charge is 0.319 e. The molecule has 0 unspecified atom stereocenters. The highest BCUT2D eigenvalue weighted by atomic mass is 16.5. The van der Waals surface area contributed by atoms with Crippen LogP contribution < -0.4 is 15.4 Å². The maximum Gasteiger partial charge on any atom is 0.319 e.